The Morgan fingerprint density at radius 1 is 0.833 bits per heavy atom. The van der Waals surface area contributed by atoms with Gasteiger partial charge in [0.2, 0.25) is 5.91 Å². The summed E-state index contributed by atoms with van der Waals surface area (Å²) in [5.74, 6) is 1.44. The van der Waals surface area contributed by atoms with Crippen molar-refractivity contribution in [3.63, 3.8) is 0 Å². The molecule has 0 aromatic heterocycles. The second-order valence-corrected chi connectivity index (χ2v) is 6.80. The summed E-state index contributed by atoms with van der Waals surface area (Å²) in [6, 6.07) is 27.2. The minimum atomic E-state index is -0.0621. The summed E-state index contributed by atoms with van der Waals surface area (Å²) in [6.45, 7) is 3.08. The lowest BCUT2D eigenvalue weighted by Crippen LogP contribution is -2.33. The van der Waals surface area contributed by atoms with Gasteiger partial charge in [-0.15, -0.1) is 0 Å². The summed E-state index contributed by atoms with van der Waals surface area (Å²) in [4.78, 5) is 12.5. The van der Waals surface area contributed by atoms with E-state index in [1.807, 2.05) is 84.9 Å². The molecule has 30 heavy (non-hydrogen) atoms. The number of ether oxygens (including phenoxy) is 2. The monoisotopic (exact) mass is 404 g/mol. The molecule has 1 atom stereocenters. The summed E-state index contributed by atoms with van der Waals surface area (Å²) < 4.78 is 11.5. The van der Waals surface area contributed by atoms with Crippen molar-refractivity contribution in [1.29, 1.82) is 0 Å². The Bertz CT molecular complexity index is 901. The summed E-state index contributed by atoms with van der Waals surface area (Å²) in [7, 11) is 0. The Morgan fingerprint density at radius 2 is 1.47 bits per heavy atom. The van der Waals surface area contributed by atoms with Gasteiger partial charge in [0.15, 0.2) is 0 Å². The fourth-order valence-corrected chi connectivity index (χ4v) is 3.09. The van der Waals surface area contributed by atoms with Gasteiger partial charge in [-0.2, -0.15) is 0 Å². The molecule has 0 fully saturated rings. The lowest BCUT2D eigenvalue weighted by molar-refractivity contribution is -0.120. The van der Waals surface area contributed by atoms with E-state index < -0.39 is 0 Å². The molecule has 2 N–H and O–H groups in total. The Labute approximate surface area is 178 Å². The molecule has 0 saturated heterocycles. The van der Waals surface area contributed by atoms with E-state index >= 15 is 0 Å². The molecule has 0 bridgehead atoms. The normalized spacial score (nSPS) is 11.4. The van der Waals surface area contributed by atoms with Crippen LogP contribution in [-0.4, -0.2) is 25.7 Å². The van der Waals surface area contributed by atoms with Crippen LogP contribution in [0.1, 0.15) is 24.9 Å². The van der Waals surface area contributed by atoms with Crippen molar-refractivity contribution >= 4 is 11.6 Å². The highest BCUT2D eigenvalue weighted by Gasteiger charge is 2.13. The van der Waals surface area contributed by atoms with Gasteiger partial charge in [-0.1, -0.05) is 67.6 Å². The minimum Gasteiger partial charge on any atom is -0.490 e. The predicted molar refractivity (Wildman–Crippen MR) is 120 cm³/mol. The molecule has 1 amide bonds. The molecule has 0 aliphatic heterocycles. The zero-order valence-corrected chi connectivity index (χ0v) is 17.2. The number of amides is 1. The molecule has 3 rings (SSSR count). The molecule has 0 heterocycles. The van der Waals surface area contributed by atoms with Crippen LogP contribution < -0.4 is 20.1 Å². The molecule has 1 unspecified atom stereocenters. The lowest BCUT2D eigenvalue weighted by atomic mass is 10.0. The number of carbonyl (C=O) groups is 1. The molecule has 3 aromatic rings. The maximum atomic E-state index is 12.5. The summed E-state index contributed by atoms with van der Waals surface area (Å²) in [5.41, 5.74) is 1.88. The van der Waals surface area contributed by atoms with Gasteiger partial charge in [0.05, 0.1) is 18.3 Å². The van der Waals surface area contributed by atoms with Gasteiger partial charge < -0.3 is 20.1 Å². The summed E-state index contributed by atoms with van der Waals surface area (Å²) in [5, 5.41) is 6.26. The quantitative estimate of drug-likeness (QED) is 0.450. The van der Waals surface area contributed by atoms with Crippen molar-refractivity contribution in [2.45, 2.75) is 19.4 Å². The number of hydrogen-bond donors (Lipinski definition) is 2. The van der Waals surface area contributed by atoms with Crippen LogP contribution in [0.25, 0.3) is 0 Å². The van der Waals surface area contributed by atoms with E-state index in [1.165, 1.54) is 0 Å². The number of benzene rings is 3. The molecule has 0 aliphatic rings. The Balaban J connectivity index is 1.47. The van der Waals surface area contributed by atoms with Crippen LogP contribution >= 0.6 is 0 Å². The molecule has 0 radical (unpaired) electrons. The number of rotatable bonds is 11. The summed E-state index contributed by atoms with van der Waals surface area (Å²) in [6.07, 6.45) is 0.830. The largest absolute Gasteiger partial charge is 0.490 e. The van der Waals surface area contributed by atoms with Gasteiger partial charge in [-0.25, -0.2) is 0 Å². The molecular weight excluding hydrogens is 376 g/mol. The average molecular weight is 405 g/mol. The van der Waals surface area contributed by atoms with Crippen LogP contribution in [0.5, 0.6) is 11.5 Å². The van der Waals surface area contributed by atoms with Crippen molar-refractivity contribution in [2.75, 3.05) is 25.1 Å². The number of carbonyl (C=O) groups excluding carboxylic acids is 1. The van der Waals surface area contributed by atoms with Crippen LogP contribution in [0.3, 0.4) is 0 Å². The molecular formula is C25H28N2O3. The van der Waals surface area contributed by atoms with Crippen LogP contribution in [-0.2, 0) is 4.79 Å². The zero-order valence-electron chi connectivity index (χ0n) is 17.2. The summed E-state index contributed by atoms with van der Waals surface area (Å²) >= 11 is 0. The number of nitrogens with one attached hydrogen (secondary N) is 2. The second-order valence-electron chi connectivity index (χ2n) is 6.80. The highest BCUT2D eigenvalue weighted by Crippen LogP contribution is 2.23. The maximum Gasteiger partial charge on any atom is 0.239 e. The Kier molecular flexibility index (Phi) is 8.15. The Hall–Kier alpha value is -3.47. The van der Waals surface area contributed by atoms with E-state index in [-0.39, 0.29) is 18.5 Å². The maximum absolute atomic E-state index is 12.5. The van der Waals surface area contributed by atoms with E-state index in [9.17, 15) is 4.79 Å². The van der Waals surface area contributed by atoms with Gasteiger partial charge >= 0.3 is 0 Å². The molecule has 3 aromatic carbocycles. The first-order chi connectivity index (χ1) is 14.8. The standard InChI is InChI=1S/C25H28N2O3/c1-2-22(20-11-5-3-6-12-20)27-25(28)19-26-23-15-9-10-16-24(23)30-18-17-29-21-13-7-4-8-14-21/h3-16,22,26H,2,17-19H2,1H3,(H,27,28). The highest BCUT2D eigenvalue weighted by atomic mass is 16.5. The molecule has 0 spiro atoms. The van der Waals surface area contributed by atoms with E-state index in [4.69, 9.17) is 9.47 Å². The van der Waals surface area contributed by atoms with Crippen LogP contribution in [0, 0.1) is 0 Å². The van der Waals surface area contributed by atoms with Gasteiger partial charge in [0.25, 0.3) is 0 Å². The van der Waals surface area contributed by atoms with Crippen LogP contribution in [0.4, 0.5) is 5.69 Å². The Morgan fingerprint density at radius 3 is 2.20 bits per heavy atom. The third-order valence-electron chi connectivity index (χ3n) is 4.62. The molecule has 156 valence electrons. The molecule has 0 aliphatic carbocycles. The van der Waals surface area contributed by atoms with Crippen molar-refractivity contribution in [3.8, 4) is 11.5 Å². The second kappa shape index (κ2) is 11.5. The topological polar surface area (TPSA) is 59.6 Å². The van der Waals surface area contributed by atoms with E-state index in [0.29, 0.717) is 19.0 Å². The smallest absolute Gasteiger partial charge is 0.239 e. The van der Waals surface area contributed by atoms with E-state index in [0.717, 1.165) is 23.4 Å². The fraction of sp³-hybridized carbons (Fsp3) is 0.240. The molecule has 5 nitrogen and oxygen atoms in total. The number of hydrogen-bond acceptors (Lipinski definition) is 4. The van der Waals surface area contributed by atoms with E-state index in [2.05, 4.69) is 17.6 Å². The molecule has 5 heteroatoms. The van der Waals surface area contributed by atoms with Crippen molar-refractivity contribution in [3.05, 3.63) is 90.5 Å². The molecule has 0 saturated carbocycles. The third kappa shape index (κ3) is 6.55. The third-order valence-corrected chi connectivity index (χ3v) is 4.62. The first-order valence-corrected chi connectivity index (χ1v) is 10.2. The van der Waals surface area contributed by atoms with Crippen molar-refractivity contribution < 1.29 is 14.3 Å². The number of para-hydroxylation sites is 3. The predicted octanol–water partition coefficient (Wildman–Crippen LogP) is 4.82. The van der Waals surface area contributed by atoms with Crippen LogP contribution in [0.2, 0.25) is 0 Å². The van der Waals surface area contributed by atoms with Gasteiger partial charge in [0, 0.05) is 0 Å². The van der Waals surface area contributed by atoms with Gasteiger partial charge in [-0.3, -0.25) is 4.79 Å². The number of anilines is 1. The first kappa shape index (κ1) is 21.2. The minimum absolute atomic E-state index is 0.00197. The average Bonchev–Trinajstić information content (AvgIpc) is 2.81. The zero-order chi connectivity index (χ0) is 21.0. The van der Waals surface area contributed by atoms with Gasteiger partial charge in [-0.05, 0) is 36.2 Å². The van der Waals surface area contributed by atoms with E-state index in [1.54, 1.807) is 0 Å². The SMILES string of the molecule is CCC(NC(=O)CNc1ccccc1OCCOc1ccccc1)c1ccccc1. The van der Waals surface area contributed by atoms with Gasteiger partial charge in [0.1, 0.15) is 24.7 Å². The first-order valence-electron chi connectivity index (χ1n) is 10.2. The van der Waals surface area contributed by atoms with Crippen LogP contribution in [0.15, 0.2) is 84.9 Å². The highest BCUT2D eigenvalue weighted by molar-refractivity contribution is 5.81. The van der Waals surface area contributed by atoms with Crippen molar-refractivity contribution in [1.82, 2.24) is 5.32 Å². The van der Waals surface area contributed by atoms with Crippen molar-refractivity contribution in [2.24, 2.45) is 0 Å². The lowest BCUT2D eigenvalue weighted by Gasteiger charge is -2.18. The fourth-order valence-electron chi connectivity index (χ4n) is 3.09.